The number of nitrogens with zero attached hydrogens (tertiary/aromatic N) is 2. The Balaban J connectivity index is 1.68. The Morgan fingerprint density at radius 2 is 1.79 bits per heavy atom. The van der Waals surface area contributed by atoms with Crippen molar-refractivity contribution < 1.29 is 14.3 Å². The molecule has 0 aliphatic carbocycles. The summed E-state index contributed by atoms with van der Waals surface area (Å²) in [6.45, 7) is 3.06. The minimum absolute atomic E-state index is 0.0689. The molecule has 2 heterocycles. The van der Waals surface area contributed by atoms with Crippen molar-refractivity contribution >= 4 is 17.9 Å². The van der Waals surface area contributed by atoms with Crippen LogP contribution in [0.5, 0.6) is 0 Å². The molecular formula is C19H24N2O3. The van der Waals surface area contributed by atoms with E-state index in [-0.39, 0.29) is 17.9 Å². The molecule has 3 rings (SSSR count). The first-order chi connectivity index (χ1) is 11.8. The minimum Gasteiger partial charge on any atom is -0.378 e. The highest BCUT2D eigenvalue weighted by atomic mass is 16.5. The first kappa shape index (κ1) is 16.7. The first-order valence-corrected chi connectivity index (χ1v) is 8.66. The summed E-state index contributed by atoms with van der Waals surface area (Å²) in [6, 6.07) is 9.41. The van der Waals surface area contributed by atoms with Crippen LogP contribution in [0.1, 0.15) is 24.8 Å². The molecule has 0 N–H and O–H groups in total. The Morgan fingerprint density at radius 1 is 1.04 bits per heavy atom. The molecule has 2 saturated heterocycles. The molecule has 2 aliphatic heterocycles. The van der Waals surface area contributed by atoms with Gasteiger partial charge in [-0.1, -0.05) is 30.3 Å². The van der Waals surface area contributed by atoms with Crippen LogP contribution in [0.3, 0.4) is 0 Å². The number of likely N-dealkylation sites (tertiary alicyclic amines) is 1. The highest BCUT2D eigenvalue weighted by Gasteiger charge is 2.34. The molecule has 2 fully saturated rings. The van der Waals surface area contributed by atoms with Gasteiger partial charge >= 0.3 is 0 Å². The van der Waals surface area contributed by atoms with Gasteiger partial charge in [-0.15, -0.1) is 0 Å². The van der Waals surface area contributed by atoms with Crippen LogP contribution in [0.15, 0.2) is 36.4 Å². The summed E-state index contributed by atoms with van der Waals surface area (Å²) in [5, 5.41) is 0. The number of carbonyl (C=O) groups excluding carboxylic acids is 2. The number of ether oxygens (including phenoxy) is 1. The number of morpholine rings is 1. The largest absolute Gasteiger partial charge is 0.378 e. The van der Waals surface area contributed by atoms with Gasteiger partial charge in [-0.2, -0.15) is 0 Å². The summed E-state index contributed by atoms with van der Waals surface area (Å²) in [7, 11) is 0. The molecule has 1 aromatic carbocycles. The van der Waals surface area contributed by atoms with Gasteiger partial charge < -0.3 is 14.5 Å². The Labute approximate surface area is 142 Å². The number of piperidine rings is 1. The van der Waals surface area contributed by atoms with Crippen LogP contribution in [-0.2, 0) is 14.3 Å². The van der Waals surface area contributed by atoms with Gasteiger partial charge in [0.25, 0.3) is 0 Å². The lowest BCUT2D eigenvalue weighted by atomic mass is 10.00. The van der Waals surface area contributed by atoms with Gasteiger partial charge in [-0.05, 0) is 30.9 Å². The normalized spacial score (nSPS) is 21.9. The molecule has 1 unspecified atom stereocenters. The quantitative estimate of drug-likeness (QED) is 0.797. The van der Waals surface area contributed by atoms with E-state index in [0.29, 0.717) is 32.8 Å². The maximum Gasteiger partial charge on any atom is 0.247 e. The van der Waals surface area contributed by atoms with E-state index in [1.807, 2.05) is 41.3 Å². The monoisotopic (exact) mass is 328 g/mol. The number of amides is 2. The third-order valence-electron chi connectivity index (χ3n) is 4.61. The van der Waals surface area contributed by atoms with Gasteiger partial charge in [0.2, 0.25) is 11.8 Å². The number of rotatable bonds is 3. The molecule has 2 aliphatic rings. The Kier molecular flexibility index (Phi) is 5.64. The van der Waals surface area contributed by atoms with E-state index in [4.69, 9.17) is 4.74 Å². The average Bonchev–Trinajstić information content (AvgIpc) is 2.67. The lowest BCUT2D eigenvalue weighted by Crippen LogP contribution is -2.54. The van der Waals surface area contributed by atoms with Crippen molar-refractivity contribution in [1.82, 2.24) is 9.80 Å². The zero-order chi connectivity index (χ0) is 16.8. The molecule has 0 radical (unpaired) electrons. The highest BCUT2D eigenvalue weighted by Crippen LogP contribution is 2.20. The topological polar surface area (TPSA) is 49.9 Å². The lowest BCUT2D eigenvalue weighted by Gasteiger charge is -2.38. The van der Waals surface area contributed by atoms with Gasteiger partial charge in [0.05, 0.1) is 13.2 Å². The predicted molar refractivity (Wildman–Crippen MR) is 92.2 cm³/mol. The number of carbonyl (C=O) groups is 2. The van der Waals surface area contributed by atoms with Crippen molar-refractivity contribution in [1.29, 1.82) is 0 Å². The van der Waals surface area contributed by atoms with Crippen LogP contribution in [-0.4, -0.2) is 60.5 Å². The van der Waals surface area contributed by atoms with Crippen LogP contribution < -0.4 is 0 Å². The average molecular weight is 328 g/mol. The van der Waals surface area contributed by atoms with E-state index < -0.39 is 0 Å². The summed E-state index contributed by atoms with van der Waals surface area (Å²) in [4.78, 5) is 29.0. The summed E-state index contributed by atoms with van der Waals surface area (Å²) in [6.07, 6.45) is 6.10. The molecule has 24 heavy (non-hydrogen) atoms. The van der Waals surface area contributed by atoms with E-state index in [1.165, 1.54) is 0 Å². The molecule has 0 saturated carbocycles. The minimum atomic E-state index is -0.329. The van der Waals surface area contributed by atoms with Crippen molar-refractivity contribution in [2.75, 3.05) is 32.8 Å². The summed E-state index contributed by atoms with van der Waals surface area (Å²) >= 11 is 0. The maximum atomic E-state index is 12.8. The van der Waals surface area contributed by atoms with E-state index in [9.17, 15) is 9.59 Å². The Bertz CT molecular complexity index is 594. The first-order valence-electron chi connectivity index (χ1n) is 8.66. The molecule has 1 aromatic rings. The lowest BCUT2D eigenvalue weighted by molar-refractivity contribution is -0.148. The zero-order valence-corrected chi connectivity index (χ0v) is 13.9. The standard InChI is InChI=1S/C19H24N2O3/c22-18(10-9-16-6-2-1-3-7-16)21-11-5-4-8-17(21)19(23)20-12-14-24-15-13-20/h1-3,6-7,9-10,17H,4-5,8,11-15H2/b10-9-. The third kappa shape index (κ3) is 4.03. The molecule has 128 valence electrons. The molecule has 0 spiro atoms. The second-order valence-electron chi connectivity index (χ2n) is 6.22. The van der Waals surface area contributed by atoms with Crippen LogP contribution in [0, 0.1) is 0 Å². The summed E-state index contributed by atoms with van der Waals surface area (Å²) in [5.41, 5.74) is 0.985. The van der Waals surface area contributed by atoms with E-state index in [2.05, 4.69) is 0 Å². The number of hydrogen-bond donors (Lipinski definition) is 0. The van der Waals surface area contributed by atoms with Gasteiger partial charge in [0.15, 0.2) is 0 Å². The van der Waals surface area contributed by atoms with E-state index in [0.717, 1.165) is 24.8 Å². The SMILES string of the molecule is O=C(C1CCCCN1C(=O)/C=C\c1ccccc1)N1CCOCC1. The number of benzene rings is 1. The van der Waals surface area contributed by atoms with Crippen molar-refractivity contribution in [3.63, 3.8) is 0 Å². The smallest absolute Gasteiger partial charge is 0.247 e. The van der Waals surface area contributed by atoms with E-state index >= 15 is 0 Å². The molecule has 2 amide bonds. The molecule has 0 aromatic heterocycles. The van der Waals surface area contributed by atoms with E-state index in [1.54, 1.807) is 11.0 Å². The molecule has 0 bridgehead atoms. The van der Waals surface area contributed by atoms with Crippen LogP contribution in [0.25, 0.3) is 6.08 Å². The maximum absolute atomic E-state index is 12.8. The van der Waals surface area contributed by atoms with Crippen LogP contribution in [0.4, 0.5) is 0 Å². The summed E-state index contributed by atoms with van der Waals surface area (Å²) < 4.78 is 5.31. The van der Waals surface area contributed by atoms with Crippen LogP contribution >= 0.6 is 0 Å². The van der Waals surface area contributed by atoms with Crippen LogP contribution in [0.2, 0.25) is 0 Å². The molecule has 5 nitrogen and oxygen atoms in total. The second-order valence-corrected chi connectivity index (χ2v) is 6.22. The fourth-order valence-corrected chi connectivity index (χ4v) is 3.27. The highest BCUT2D eigenvalue weighted by molar-refractivity contribution is 5.95. The van der Waals surface area contributed by atoms with Crippen molar-refractivity contribution in [2.45, 2.75) is 25.3 Å². The van der Waals surface area contributed by atoms with Crippen molar-refractivity contribution in [3.05, 3.63) is 42.0 Å². The van der Waals surface area contributed by atoms with Gasteiger partial charge in [-0.3, -0.25) is 9.59 Å². The summed E-state index contributed by atoms with van der Waals surface area (Å²) in [5.74, 6) is -0.00961. The third-order valence-corrected chi connectivity index (χ3v) is 4.61. The fourth-order valence-electron chi connectivity index (χ4n) is 3.27. The van der Waals surface area contributed by atoms with Gasteiger partial charge in [0, 0.05) is 25.7 Å². The van der Waals surface area contributed by atoms with Crippen molar-refractivity contribution in [3.8, 4) is 0 Å². The molecular weight excluding hydrogens is 304 g/mol. The Morgan fingerprint density at radius 3 is 2.54 bits per heavy atom. The molecule has 1 atom stereocenters. The van der Waals surface area contributed by atoms with Gasteiger partial charge in [0.1, 0.15) is 6.04 Å². The zero-order valence-electron chi connectivity index (χ0n) is 13.9. The fraction of sp³-hybridized carbons (Fsp3) is 0.474. The van der Waals surface area contributed by atoms with Gasteiger partial charge in [-0.25, -0.2) is 0 Å². The van der Waals surface area contributed by atoms with Crippen molar-refractivity contribution in [2.24, 2.45) is 0 Å². The second kappa shape index (κ2) is 8.11. The number of hydrogen-bond acceptors (Lipinski definition) is 3. The predicted octanol–water partition coefficient (Wildman–Crippen LogP) is 1.94. The molecule has 5 heteroatoms. The Hall–Kier alpha value is -2.14.